The highest BCUT2D eigenvalue weighted by molar-refractivity contribution is 5.14. The summed E-state index contributed by atoms with van der Waals surface area (Å²) in [4.78, 5) is 0. The van der Waals surface area contributed by atoms with Gasteiger partial charge in [-0.2, -0.15) is 0 Å². The Balaban J connectivity index is 3.74. The van der Waals surface area contributed by atoms with E-state index >= 15 is 0 Å². The Hall–Kier alpha value is -0.740. The lowest BCUT2D eigenvalue weighted by Gasteiger charge is -1.81. The van der Waals surface area contributed by atoms with E-state index in [1.807, 2.05) is 13.0 Å². The van der Waals surface area contributed by atoms with Crippen molar-refractivity contribution in [2.45, 2.75) is 33.6 Å². The Bertz CT molecular complexity index is 155. The fraction of sp³-hybridized carbons (Fsp3) is 0.500. The summed E-state index contributed by atoms with van der Waals surface area (Å²) >= 11 is 0. The molecule has 0 heterocycles. The maximum Gasteiger partial charge on any atom is -0.0177 e. The van der Waals surface area contributed by atoms with Crippen LogP contribution in [0.2, 0.25) is 0 Å². The second kappa shape index (κ2) is 6.38. The van der Waals surface area contributed by atoms with Crippen LogP contribution < -0.4 is 0 Å². The average Bonchev–Trinajstić information content (AvgIpc) is 1.98. The van der Waals surface area contributed by atoms with Crippen molar-refractivity contribution >= 4 is 0 Å². The summed E-state index contributed by atoms with van der Waals surface area (Å²) in [6.07, 6.45) is 8.50. The predicted molar refractivity (Wildman–Crippen MR) is 47.0 cm³/mol. The molecule has 0 aromatic rings. The normalized spacial score (nSPS) is 10.5. The highest BCUT2D eigenvalue weighted by Crippen LogP contribution is 1.92. The molecule has 0 atom stereocenters. The van der Waals surface area contributed by atoms with Gasteiger partial charge in [0.15, 0.2) is 0 Å². The van der Waals surface area contributed by atoms with E-state index in [0.29, 0.717) is 0 Å². The Morgan fingerprint density at radius 2 is 2.20 bits per heavy atom. The molecular formula is C10H16. The summed E-state index contributed by atoms with van der Waals surface area (Å²) in [5.41, 5.74) is 4.39. The summed E-state index contributed by atoms with van der Waals surface area (Å²) in [5, 5.41) is 0. The van der Waals surface area contributed by atoms with Crippen molar-refractivity contribution in [3.05, 3.63) is 29.5 Å². The summed E-state index contributed by atoms with van der Waals surface area (Å²) in [6, 6.07) is 0. The van der Waals surface area contributed by atoms with Gasteiger partial charge in [0.1, 0.15) is 0 Å². The second-order valence-electron chi connectivity index (χ2n) is 2.34. The molecule has 0 N–H and O–H groups in total. The maximum absolute atomic E-state index is 3.12. The minimum absolute atomic E-state index is 1.13. The van der Waals surface area contributed by atoms with E-state index in [0.717, 1.165) is 6.42 Å². The van der Waals surface area contributed by atoms with E-state index < -0.39 is 0 Å². The monoisotopic (exact) mass is 136 g/mol. The summed E-state index contributed by atoms with van der Waals surface area (Å²) in [7, 11) is 0. The Kier molecular flexibility index (Phi) is 5.91. The topological polar surface area (TPSA) is 0 Å². The SMILES string of the molecule is C/C=C(/C)C=C=CCCC. The first-order chi connectivity index (χ1) is 4.81. The largest absolute Gasteiger partial charge is 0.125 e. The van der Waals surface area contributed by atoms with E-state index in [1.54, 1.807) is 0 Å². The first-order valence-electron chi connectivity index (χ1n) is 3.85. The first-order valence-corrected chi connectivity index (χ1v) is 3.85. The Morgan fingerprint density at radius 1 is 1.50 bits per heavy atom. The molecule has 0 nitrogen and oxygen atoms in total. The van der Waals surface area contributed by atoms with Crippen molar-refractivity contribution in [1.82, 2.24) is 0 Å². The van der Waals surface area contributed by atoms with Crippen LogP contribution in [0.4, 0.5) is 0 Å². The number of allylic oxidation sites excluding steroid dienone is 3. The molecule has 0 radical (unpaired) electrons. The quantitative estimate of drug-likeness (QED) is 0.411. The molecule has 0 saturated carbocycles. The van der Waals surface area contributed by atoms with Crippen LogP contribution in [0.15, 0.2) is 29.5 Å². The third-order valence-electron chi connectivity index (χ3n) is 1.32. The van der Waals surface area contributed by atoms with Gasteiger partial charge < -0.3 is 0 Å². The molecule has 56 valence electrons. The molecule has 0 bridgehead atoms. The lowest BCUT2D eigenvalue weighted by atomic mass is 10.2. The van der Waals surface area contributed by atoms with E-state index in [2.05, 4.69) is 31.7 Å². The lowest BCUT2D eigenvalue weighted by Crippen LogP contribution is -1.61. The highest BCUT2D eigenvalue weighted by Gasteiger charge is 1.72. The average molecular weight is 136 g/mol. The van der Waals surface area contributed by atoms with Crippen molar-refractivity contribution in [2.24, 2.45) is 0 Å². The molecule has 0 aromatic heterocycles. The van der Waals surface area contributed by atoms with Gasteiger partial charge in [0.2, 0.25) is 0 Å². The molecule has 0 rings (SSSR count). The van der Waals surface area contributed by atoms with Gasteiger partial charge in [-0.15, -0.1) is 5.73 Å². The number of hydrogen-bond donors (Lipinski definition) is 0. The number of rotatable bonds is 3. The summed E-state index contributed by atoms with van der Waals surface area (Å²) < 4.78 is 0. The molecule has 0 spiro atoms. The second-order valence-corrected chi connectivity index (χ2v) is 2.34. The van der Waals surface area contributed by atoms with Gasteiger partial charge in [0.05, 0.1) is 0 Å². The van der Waals surface area contributed by atoms with Crippen LogP contribution in [-0.4, -0.2) is 0 Å². The van der Waals surface area contributed by atoms with Crippen molar-refractivity contribution in [3.8, 4) is 0 Å². The first kappa shape index (κ1) is 9.26. The van der Waals surface area contributed by atoms with Crippen molar-refractivity contribution in [2.75, 3.05) is 0 Å². The van der Waals surface area contributed by atoms with Crippen molar-refractivity contribution in [3.63, 3.8) is 0 Å². The fourth-order valence-electron chi connectivity index (χ4n) is 0.501. The standard InChI is InChI=1S/C10H16/c1-4-6-7-8-9-10(3)5-2/h5,7,9H,4,6H2,1-3H3/b10-5-. The van der Waals surface area contributed by atoms with Crippen molar-refractivity contribution in [1.29, 1.82) is 0 Å². The van der Waals surface area contributed by atoms with Gasteiger partial charge in [-0.25, -0.2) is 0 Å². The van der Waals surface area contributed by atoms with E-state index in [4.69, 9.17) is 0 Å². The molecule has 10 heavy (non-hydrogen) atoms. The van der Waals surface area contributed by atoms with E-state index in [-0.39, 0.29) is 0 Å². The van der Waals surface area contributed by atoms with Gasteiger partial charge in [0, 0.05) is 0 Å². The molecule has 0 aliphatic carbocycles. The van der Waals surface area contributed by atoms with Gasteiger partial charge in [-0.3, -0.25) is 0 Å². The molecule has 0 amide bonds. The predicted octanol–water partition coefficient (Wildman–Crippen LogP) is 3.46. The molecule has 0 unspecified atom stereocenters. The lowest BCUT2D eigenvalue weighted by molar-refractivity contribution is 0.960. The molecule has 0 heteroatoms. The zero-order valence-electron chi connectivity index (χ0n) is 7.15. The van der Waals surface area contributed by atoms with Crippen LogP contribution in [0.3, 0.4) is 0 Å². The summed E-state index contributed by atoms with van der Waals surface area (Å²) in [5.74, 6) is 0. The number of unbranched alkanes of at least 4 members (excludes halogenated alkanes) is 1. The minimum Gasteiger partial charge on any atom is -0.125 e. The molecular weight excluding hydrogens is 120 g/mol. The van der Waals surface area contributed by atoms with Crippen LogP contribution in [-0.2, 0) is 0 Å². The van der Waals surface area contributed by atoms with E-state index in [1.165, 1.54) is 12.0 Å². The molecule has 0 saturated heterocycles. The molecule has 0 aliphatic rings. The van der Waals surface area contributed by atoms with Gasteiger partial charge in [-0.1, -0.05) is 19.4 Å². The van der Waals surface area contributed by atoms with Crippen LogP contribution in [0.25, 0.3) is 0 Å². The highest BCUT2D eigenvalue weighted by atomic mass is 13.8. The molecule has 0 aliphatic heterocycles. The summed E-state index contributed by atoms with van der Waals surface area (Å²) in [6.45, 7) is 6.28. The maximum atomic E-state index is 3.12. The molecule has 0 aromatic carbocycles. The minimum atomic E-state index is 1.13. The number of hydrogen-bond acceptors (Lipinski definition) is 0. The zero-order valence-corrected chi connectivity index (χ0v) is 7.15. The zero-order chi connectivity index (χ0) is 7.82. The van der Waals surface area contributed by atoms with Gasteiger partial charge >= 0.3 is 0 Å². The van der Waals surface area contributed by atoms with Crippen LogP contribution in [0.1, 0.15) is 33.6 Å². The smallest absolute Gasteiger partial charge is 0.0177 e. The van der Waals surface area contributed by atoms with Gasteiger partial charge in [-0.05, 0) is 38.0 Å². The van der Waals surface area contributed by atoms with Gasteiger partial charge in [0.25, 0.3) is 0 Å². The van der Waals surface area contributed by atoms with Crippen LogP contribution in [0, 0.1) is 0 Å². The van der Waals surface area contributed by atoms with Crippen LogP contribution >= 0.6 is 0 Å². The third kappa shape index (κ3) is 5.40. The Labute approximate surface area is 64.0 Å². The third-order valence-corrected chi connectivity index (χ3v) is 1.32. The van der Waals surface area contributed by atoms with Crippen molar-refractivity contribution < 1.29 is 0 Å². The van der Waals surface area contributed by atoms with Crippen LogP contribution in [0.5, 0.6) is 0 Å². The molecule has 0 fully saturated rings. The van der Waals surface area contributed by atoms with E-state index in [9.17, 15) is 0 Å². The Morgan fingerprint density at radius 3 is 2.70 bits per heavy atom. The fourth-order valence-corrected chi connectivity index (χ4v) is 0.501.